The standard InChI is InChI=1S/C11H21N3O3/c1-2-3-9(10(12)14-16)11(15)13-8-4-6-17-7-5-8/h8-9,16H,2-7H2,1H3,(H2,12,14)(H,13,15). The summed E-state index contributed by atoms with van der Waals surface area (Å²) in [7, 11) is 0. The summed E-state index contributed by atoms with van der Waals surface area (Å²) in [6.45, 7) is 3.30. The van der Waals surface area contributed by atoms with E-state index in [1.54, 1.807) is 0 Å². The van der Waals surface area contributed by atoms with Crippen LogP contribution in [0.25, 0.3) is 0 Å². The molecule has 1 fully saturated rings. The van der Waals surface area contributed by atoms with Gasteiger partial charge in [0.15, 0.2) is 5.84 Å². The van der Waals surface area contributed by atoms with Crippen LogP contribution in [0.3, 0.4) is 0 Å². The molecule has 17 heavy (non-hydrogen) atoms. The summed E-state index contributed by atoms with van der Waals surface area (Å²) in [4.78, 5) is 12.0. The molecule has 0 aliphatic carbocycles. The van der Waals surface area contributed by atoms with E-state index in [0.29, 0.717) is 19.6 Å². The number of nitrogens with two attached hydrogens (primary N) is 1. The van der Waals surface area contributed by atoms with Crippen LogP contribution >= 0.6 is 0 Å². The maximum atomic E-state index is 12.0. The van der Waals surface area contributed by atoms with Crippen LogP contribution in [-0.2, 0) is 9.53 Å². The van der Waals surface area contributed by atoms with E-state index < -0.39 is 5.92 Å². The molecule has 4 N–H and O–H groups in total. The Hall–Kier alpha value is -1.30. The van der Waals surface area contributed by atoms with Gasteiger partial charge in [-0.15, -0.1) is 0 Å². The zero-order valence-corrected chi connectivity index (χ0v) is 10.2. The average Bonchev–Trinajstić information content (AvgIpc) is 2.36. The Morgan fingerprint density at radius 2 is 2.24 bits per heavy atom. The Labute approximate surface area is 101 Å². The van der Waals surface area contributed by atoms with Gasteiger partial charge in [-0.2, -0.15) is 0 Å². The molecule has 6 heteroatoms. The Kier molecular flexibility index (Phi) is 5.76. The lowest BCUT2D eigenvalue weighted by molar-refractivity contribution is -0.124. The highest BCUT2D eigenvalue weighted by Crippen LogP contribution is 2.11. The van der Waals surface area contributed by atoms with Crippen LogP contribution in [0.2, 0.25) is 0 Å². The lowest BCUT2D eigenvalue weighted by Gasteiger charge is -2.25. The van der Waals surface area contributed by atoms with Crippen LogP contribution in [0.1, 0.15) is 32.6 Å². The number of amidine groups is 1. The molecule has 1 aliphatic rings. The van der Waals surface area contributed by atoms with Crippen LogP contribution in [-0.4, -0.2) is 36.2 Å². The second kappa shape index (κ2) is 7.11. The Balaban J connectivity index is 2.52. The van der Waals surface area contributed by atoms with Crippen LogP contribution < -0.4 is 11.1 Å². The quantitative estimate of drug-likeness (QED) is 0.282. The number of hydrogen-bond donors (Lipinski definition) is 3. The molecule has 1 rings (SSSR count). The maximum absolute atomic E-state index is 12.0. The van der Waals surface area contributed by atoms with E-state index in [4.69, 9.17) is 15.7 Å². The van der Waals surface area contributed by atoms with Crippen LogP contribution in [0, 0.1) is 5.92 Å². The van der Waals surface area contributed by atoms with Crippen molar-refractivity contribution in [3.63, 3.8) is 0 Å². The fourth-order valence-corrected chi connectivity index (χ4v) is 1.92. The maximum Gasteiger partial charge on any atom is 0.231 e. The molecule has 0 aromatic rings. The molecular weight excluding hydrogens is 222 g/mol. The zero-order valence-electron chi connectivity index (χ0n) is 10.2. The van der Waals surface area contributed by atoms with Crippen molar-refractivity contribution in [2.75, 3.05) is 13.2 Å². The van der Waals surface area contributed by atoms with Crippen molar-refractivity contribution in [2.45, 2.75) is 38.6 Å². The largest absolute Gasteiger partial charge is 0.409 e. The SMILES string of the molecule is CCCC(C(=O)NC1CCOCC1)/C(N)=N/O. The molecule has 0 spiro atoms. The van der Waals surface area contributed by atoms with E-state index >= 15 is 0 Å². The highest BCUT2D eigenvalue weighted by molar-refractivity contribution is 6.02. The number of rotatable bonds is 5. The second-order valence-corrected chi connectivity index (χ2v) is 4.26. The fourth-order valence-electron chi connectivity index (χ4n) is 1.92. The van der Waals surface area contributed by atoms with E-state index in [1.807, 2.05) is 6.92 Å². The molecule has 0 bridgehead atoms. The minimum Gasteiger partial charge on any atom is -0.409 e. The van der Waals surface area contributed by atoms with Crippen LogP contribution in [0.15, 0.2) is 5.16 Å². The predicted octanol–water partition coefficient (Wildman–Crippen LogP) is 0.444. The number of ether oxygens (including phenoxy) is 1. The van der Waals surface area contributed by atoms with Crippen molar-refractivity contribution in [1.82, 2.24) is 5.32 Å². The molecule has 1 saturated heterocycles. The summed E-state index contributed by atoms with van der Waals surface area (Å²) in [5.74, 6) is -0.710. The molecule has 1 heterocycles. The van der Waals surface area contributed by atoms with Gasteiger partial charge in [-0.3, -0.25) is 4.79 Å². The van der Waals surface area contributed by atoms with Crippen molar-refractivity contribution in [2.24, 2.45) is 16.8 Å². The molecule has 98 valence electrons. The van der Waals surface area contributed by atoms with Gasteiger partial charge in [-0.1, -0.05) is 18.5 Å². The number of nitrogens with zero attached hydrogens (tertiary/aromatic N) is 1. The minimum atomic E-state index is -0.534. The van der Waals surface area contributed by atoms with Crippen molar-refractivity contribution < 1.29 is 14.7 Å². The number of oxime groups is 1. The third-order valence-electron chi connectivity index (χ3n) is 2.93. The van der Waals surface area contributed by atoms with Gasteiger partial charge in [-0.05, 0) is 19.3 Å². The van der Waals surface area contributed by atoms with Crippen molar-refractivity contribution in [3.8, 4) is 0 Å². The predicted molar refractivity (Wildman–Crippen MR) is 63.8 cm³/mol. The van der Waals surface area contributed by atoms with E-state index in [9.17, 15) is 4.79 Å². The first-order chi connectivity index (χ1) is 8.19. The monoisotopic (exact) mass is 243 g/mol. The number of hydrogen-bond acceptors (Lipinski definition) is 4. The Morgan fingerprint density at radius 3 is 2.76 bits per heavy atom. The Bertz CT molecular complexity index is 275. The molecule has 1 aliphatic heterocycles. The summed E-state index contributed by atoms with van der Waals surface area (Å²) in [5, 5.41) is 14.5. The van der Waals surface area contributed by atoms with Gasteiger partial charge >= 0.3 is 0 Å². The van der Waals surface area contributed by atoms with Gasteiger partial charge in [0, 0.05) is 19.3 Å². The van der Waals surface area contributed by atoms with Gasteiger partial charge in [0.25, 0.3) is 0 Å². The molecule has 6 nitrogen and oxygen atoms in total. The number of carbonyl (C=O) groups is 1. The van der Waals surface area contributed by atoms with E-state index in [1.165, 1.54) is 0 Å². The lowest BCUT2D eigenvalue weighted by atomic mass is 10.00. The Morgan fingerprint density at radius 1 is 1.59 bits per heavy atom. The van der Waals surface area contributed by atoms with E-state index in [-0.39, 0.29) is 17.8 Å². The van der Waals surface area contributed by atoms with E-state index in [2.05, 4.69) is 10.5 Å². The molecule has 0 radical (unpaired) electrons. The normalized spacial score (nSPS) is 19.9. The molecule has 0 saturated carbocycles. The molecular formula is C11H21N3O3. The minimum absolute atomic E-state index is 0.0172. The number of carbonyl (C=O) groups excluding carboxylic acids is 1. The highest BCUT2D eigenvalue weighted by atomic mass is 16.5. The van der Waals surface area contributed by atoms with Crippen molar-refractivity contribution in [3.05, 3.63) is 0 Å². The first-order valence-corrected chi connectivity index (χ1v) is 6.04. The molecule has 1 amide bonds. The molecule has 0 aromatic heterocycles. The molecule has 1 unspecified atom stereocenters. The lowest BCUT2D eigenvalue weighted by Crippen LogP contribution is -2.45. The topological polar surface area (TPSA) is 96.9 Å². The number of amides is 1. The van der Waals surface area contributed by atoms with Gasteiger partial charge in [0.05, 0.1) is 5.92 Å². The smallest absolute Gasteiger partial charge is 0.231 e. The average molecular weight is 243 g/mol. The van der Waals surface area contributed by atoms with Crippen molar-refractivity contribution >= 4 is 11.7 Å². The summed E-state index contributed by atoms with van der Waals surface area (Å²) in [6.07, 6.45) is 3.04. The van der Waals surface area contributed by atoms with Crippen LogP contribution in [0.4, 0.5) is 0 Å². The van der Waals surface area contributed by atoms with Crippen molar-refractivity contribution in [1.29, 1.82) is 0 Å². The summed E-state index contributed by atoms with van der Waals surface area (Å²) < 4.78 is 5.22. The third-order valence-corrected chi connectivity index (χ3v) is 2.93. The third kappa shape index (κ3) is 4.22. The zero-order chi connectivity index (χ0) is 12.7. The van der Waals surface area contributed by atoms with Gasteiger partial charge in [0.2, 0.25) is 5.91 Å². The first-order valence-electron chi connectivity index (χ1n) is 6.04. The number of nitrogens with one attached hydrogen (secondary N) is 1. The van der Waals surface area contributed by atoms with Gasteiger partial charge < -0.3 is 21.0 Å². The first kappa shape index (κ1) is 13.8. The second-order valence-electron chi connectivity index (χ2n) is 4.26. The summed E-state index contributed by atoms with van der Waals surface area (Å²) in [6, 6.07) is 0.141. The fraction of sp³-hybridized carbons (Fsp3) is 0.818. The molecule has 0 aromatic carbocycles. The van der Waals surface area contributed by atoms with Gasteiger partial charge in [-0.25, -0.2) is 0 Å². The summed E-state index contributed by atoms with van der Waals surface area (Å²) in [5.41, 5.74) is 5.52. The summed E-state index contributed by atoms with van der Waals surface area (Å²) >= 11 is 0. The molecule has 1 atom stereocenters. The van der Waals surface area contributed by atoms with Gasteiger partial charge in [0.1, 0.15) is 0 Å². The van der Waals surface area contributed by atoms with E-state index in [0.717, 1.165) is 19.3 Å². The highest BCUT2D eigenvalue weighted by Gasteiger charge is 2.25. The van der Waals surface area contributed by atoms with Crippen LogP contribution in [0.5, 0.6) is 0 Å².